The molecule has 0 saturated carbocycles. The van der Waals surface area contributed by atoms with E-state index >= 15 is 0 Å². The summed E-state index contributed by atoms with van der Waals surface area (Å²) in [5, 5.41) is 0. The minimum Gasteiger partial charge on any atom is -0.0654 e. The van der Waals surface area contributed by atoms with Gasteiger partial charge in [-0.25, -0.2) is 0 Å². The second-order valence-electron chi connectivity index (χ2n) is 6.22. The van der Waals surface area contributed by atoms with Gasteiger partial charge in [-0.15, -0.1) is 0 Å². The average molecular weight is 273 g/mol. The second-order valence-corrected chi connectivity index (χ2v) is 6.22. The molecule has 0 bridgehead atoms. The van der Waals surface area contributed by atoms with Gasteiger partial charge in [-0.2, -0.15) is 0 Å². The van der Waals surface area contributed by atoms with Crippen LogP contribution in [0, 0.1) is 12.3 Å². The molecule has 0 heterocycles. The topological polar surface area (TPSA) is 0 Å². The molecule has 0 aliphatic heterocycles. The van der Waals surface area contributed by atoms with E-state index in [1.54, 1.807) is 0 Å². The first-order valence-corrected chi connectivity index (χ1v) is 8.68. The zero-order valence-corrected chi connectivity index (χ0v) is 13.6. The smallest absolute Gasteiger partial charge is 0.0248 e. The Kier molecular flexibility index (Phi) is 10.4. The molecule has 113 valence electrons. The van der Waals surface area contributed by atoms with Gasteiger partial charge in [0, 0.05) is 0 Å². The number of hydrogen-bond acceptors (Lipinski definition) is 0. The van der Waals surface area contributed by atoms with Crippen molar-refractivity contribution in [1.29, 1.82) is 0 Å². The quantitative estimate of drug-likeness (QED) is 0.376. The molecule has 0 fully saturated rings. The van der Waals surface area contributed by atoms with Crippen LogP contribution in [0.4, 0.5) is 0 Å². The summed E-state index contributed by atoms with van der Waals surface area (Å²) >= 11 is 0. The van der Waals surface area contributed by atoms with E-state index in [-0.39, 0.29) is 0 Å². The fourth-order valence-corrected chi connectivity index (χ4v) is 2.70. The lowest BCUT2D eigenvalue weighted by Gasteiger charge is -2.11. The fraction of sp³-hybridized carbons (Fsp3) is 0.650. The maximum absolute atomic E-state index is 2.45. The molecular weight excluding hydrogens is 240 g/mol. The third-order valence-corrected chi connectivity index (χ3v) is 4.14. The van der Waals surface area contributed by atoms with Gasteiger partial charge in [-0.3, -0.25) is 0 Å². The lowest BCUT2D eigenvalue weighted by Crippen LogP contribution is -1.96. The van der Waals surface area contributed by atoms with Crippen LogP contribution in [0.5, 0.6) is 0 Å². The van der Waals surface area contributed by atoms with Crippen molar-refractivity contribution in [2.24, 2.45) is 5.92 Å². The predicted molar refractivity (Wildman–Crippen MR) is 90.8 cm³/mol. The van der Waals surface area contributed by atoms with Crippen LogP contribution in [0.25, 0.3) is 0 Å². The fourth-order valence-electron chi connectivity index (χ4n) is 2.70. The van der Waals surface area contributed by atoms with Gasteiger partial charge in [0.15, 0.2) is 0 Å². The Balaban J connectivity index is 1.91. The molecule has 1 aromatic carbocycles. The van der Waals surface area contributed by atoms with Crippen LogP contribution in [0.2, 0.25) is 0 Å². The van der Waals surface area contributed by atoms with E-state index in [0.717, 1.165) is 12.3 Å². The van der Waals surface area contributed by atoms with Gasteiger partial charge in [0.05, 0.1) is 0 Å². The highest BCUT2D eigenvalue weighted by Gasteiger charge is 2.02. The maximum atomic E-state index is 2.45. The van der Waals surface area contributed by atoms with Crippen molar-refractivity contribution < 1.29 is 0 Å². The van der Waals surface area contributed by atoms with Gasteiger partial charge in [-0.05, 0) is 30.7 Å². The molecule has 0 N–H and O–H groups in total. The lowest BCUT2D eigenvalue weighted by atomic mass is 9.95. The van der Waals surface area contributed by atoms with Gasteiger partial charge in [0.2, 0.25) is 0 Å². The summed E-state index contributed by atoms with van der Waals surface area (Å²) < 4.78 is 0. The van der Waals surface area contributed by atoms with Crippen molar-refractivity contribution in [3.05, 3.63) is 42.3 Å². The van der Waals surface area contributed by atoms with Crippen molar-refractivity contribution in [1.82, 2.24) is 0 Å². The Bertz CT molecular complexity index is 301. The Morgan fingerprint density at radius 2 is 1.60 bits per heavy atom. The van der Waals surface area contributed by atoms with Gasteiger partial charge >= 0.3 is 0 Å². The van der Waals surface area contributed by atoms with Crippen molar-refractivity contribution >= 4 is 0 Å². The van der Waals surface area contributed by atoms with E-state index in [0.29, 0.717) is 0 Å². The molecule has 1 atom stereocenters. The Labute approximate surface area is 127 Å². The van der Waals surface area contributed by atoms with Crippen LogP contribution in [0.15, 0.2) is 30.3 Å². The molecule has 0 heteroatoms. The number of rotatable bonds is 12. The number of benzene rings is 1. The highest BCUT2D eigenvalue weighted by Crippen LogP contribution is 2.17. The van der Waals surface area contributed by atoms with Gasteiger partial charge in [0.25, 0.3) is 0 Å². The van der Waals surface area contributed by atoms with E-state index in [9.17, 15) is 0 Å². The normalized spacial score (nSPS) is 12.5. The van der Waals surface area contributed by atoms with E-state index in [1.165, 1.54) is 63.4 Å². The van der Waals surface area contributed by atoms with Crippen LogP contribution in [-0.2, 0) is 6.42 Å². The van der Waals surface area contributed by atoms with E-state index in [2.05, 4.69) is 50.6 Å². The minimum atomic E-state index is 0.896. The molecule has 0 aliphatic carbocycles. The molecule has 0 amide bonds. The summed E-state index contributed by atoms with van der Waals surface area (Å²) in [4.78, 5) is 0. The van der Waals surface area contributed by atoms with Crippen LogP contribution in [0.3, 0.4) is 0 Å². The molecule has 1 rings (SSSR count). The largest absolute Gasteiger partial charge is 0.0654 e. The summed E-state index contributed by atoms with van der Waals surface area (Å²) in [6, 6.07) is 10.8. The molecule has 0 saturated heterocycles. The molecule has 0 nitrogen and oxygen atoms in total. The maximum Gasteiger partial charge on any atom is -0.0248 e. The zero-order chi connectivity index (χ0) is 14.5. The van der Waals surface area contributed by atoms with Crippen LogP contribution in [-0.4, -0.2) is 0 Å². The van der Waals surface area contributed by atoms with Crippen molar-refractivity contribution in [3.8, 4) is 0 Å². The van der Waals surface area contributed by atoms with Gasteiger partial charge < -0.3 is 0 Å². The Hall–Kier alpha value is -0.780. The third-order valence-electron chi connectivity index (χ3n) is 4.14. The van der Waals surface area contributed by atoms with Crippen LogP contribution >= 0.6 is 0 Å². The predicted octanol–water partition coefficient (Wildman–Crippen LogP) is 6.60. The van der Waals surface area contributed by atoms with Crippen LogP contribution < -0.4 is 0 Å². The monoisotopic (exact) mass is 273 g/mol. The molecule has 1 radical (unpaired) electrons. The first-order valence-electron chi connectivity index (χ1n) is 8.68. The second kappa shape index (κ2) is 12.0. The third kappa shape index (κ3) is 9.18. The Morgan fingerprint density at radius 3 is 2.35 bits per heavy atom. The summed E-state index contributed by atoms with van der Waals surface area (Å²) in [6.45, 7) is 4.70. The van der Waals surface area contributed by atoms with Crippen LogP contribution in [0.1, 0.15) is 77.2 Å². The summed E-state index contributed by atoms with van der Waals surface area (Å²) in [6.07, 6.45) is 16.2. The molecule has 1 aromatic rings. The minimum absolute atomic E-state index is 0.896. The first kappa shape index (κ1) is 17.3. The molecule has 1 unspecified atom stereocenters. The van der Waals surface area contributed by atoms with Crippen molar-refractivity contribution in [2.75, 3.05) is 0 Å². The van der Waals surface area contributed by atoms with Gasteiger partial charge in [0.1, 0.15) is 0 Å². The van der Waals surface area contributed by atoms with E-state index < -0.39 is 0 Å². The summed E-state index contributed by atoms with van der Waals surface area (Å²) in [7, 11) is 0. The Morgan fingerprint density at radius 1 is 0.900 bits per heavy atom. The molecule has 0 spiro atoms. The average Bonchev–Trinajstić information content (AvgIpc) is 2.48. The zero-order valence-electron chi connectivity index (χ0n) is 13.6. The van der Waals surface area contributed by atoms with Crippen molar-refractivity contribution in [3.63, 3.8) is 0 Å². The van der Waals surface area contributed by atoms with Crippen molar-refractivity contribution in [2.45, 2.75) is 78.1 Å². The van der Waals surface area contributed by atoms with E-state index in [4.69, 9.17) is 0 Å². The SMILES string of the molecule is CCCCCCCCC(C)CC[CH]Cc1ccccc1. The lowest BCUT2D eigenvalue weighted by molar-refractivity contribution is 0.453. The van der Waals surface area contributed by atoms with Gasteiger partial charge in [-0.1, -0.05) is 95.5 Å². The molecule has 20 heavy (non-hydrogen) atoms. The summed E-state index contributed by atoms with van der Waals surface area (Å²) in [5.74, 6) is 0.896. The highest BCUT2D eigenvalue weighted by molar-refractivity contribution is 5.16. The summed E-state index contributed by atoms with van der Waals surface area (Å²) in [5.41, 5.74) is 1.44. The number of hydrogen-bond donors (Lipinski definition) is 0. The standard InChI is InChI=1S/C20H33/c1-3-4-5-6-7-9-14-19(2)15-12-13-18-20-16-10-8-11-17-20/h8,10-11,13,16-17,19H,3-7,9,12,14-15,18H2,1-2H3. The highest BCUT2D eigenvalue weighted by atomic mass is 14.1. The molecular formula is C20H33. The molecule has 0 aliphatic rings. The molecule has 0 aromatic heterocycles. The number of unbranched alkanes of at least 4 members (excludes halogenated alkanes) is 6. The van der Waals surface area contributed by atoms with E-state index in [1.807, 2.05) is 0 Å². The first-order chi connectivity index (χ1) is 9.83.